The quantitative estimate of drug-likeness (QED) is 0.288. The fourth-order valence-corrected chi connectivity index (χ4v) is 1.08. The van der Waals surface area contributed by atoms with Gasteiger partial charge in [0.1, 0.15) is 0 Å². The molecule has 1 amide bonds. The Hall–Kier alpha value is -2.37. The molecule has 3 N–H and O–H groups in total. The molecule has 1 aromatic rings. The number of aliphatic carboxylic acids is 1. The smallest absolute Gasteiger partial charge is 0.375 e. The van der Waals surface area contributed by atoms with Crippen LogP contribution in [0, 0.1) is 0 Å². The molecule has 0 bridgehead atoms. The predicted octanol–water partition coefficient (Wildman–Crippen LogP) is 0.218. The summed E-state index contributed by atoms with van der Waals surface area (Å²) in [4.78, 5) is 21.7. The number of hydrogen-bond acceptors (Lipinski definition) is 4. The monoisotopic (exact) mass is 222 g/mol. The Morgan fingerprint density at radius 2 is 1.88 bits per heavy atom. The Morgan fingerprint density at radius 1 is 1.25 bits per heavy atom. The van der Waals surface area contributed by atoms with Crippen molar-refractivity contribution in [2.24, 2.45) is 5.16 Å². The van der Waals surface area contributed by atoms with Crippen LogP contribution in [0.1, 0.15) is 5.56 Å². The van der Waals surface area contributed by atoms with Crippen LogP contribution in [0.25, 0.3) is 0 Å². The van der Waals surface area contributed by atoms with Gasteiger partial charge in [0.2, 0.25) is 5.91 Å². The van der Waals surface area contributed by atoms with E-state index in [1.807, 2.05) is 5.32 Å². The van der Waals surface area contributed by atoms with Gasteiger partial charge in [-0.05, 0) is 5.56 Å². The third-order valence-electron chi connectivity index (χ3n) is 1.77. The zero-order chi connectivity index (χ0) is 12.0. The average molecular weight is 222 g/mol. The zero-order valence-corrected chi connectivity index (χ0v) is 8.25. The molecule has 0 fully saturated rings. The molecule has 0 spiro atoms. The summed E-state index contributed by atoms with van der Waals surface area (Å²) in [7, 11) is 0. The average Bonchev–Trinajstić information content (AvgIpc) is 2.27. The third-order valence-corrected chi connectivity index (χ3v) is 1.77. The standard InChI is InChI=1S/C10H10N2O4/c13-8(11-9(12-16)10(14)15)6-7-4-2-1-3-5-7/h1-5,16H,6H2,(H,14,15)(H,11,12,13). The maximum Gasteiger partial charge on any atom is 0.375 e. The summed E-state index contributed by atoms with van der Waals surface area (Å²) in [6, 6.07) is 8.80. The second-order valence-corrected chi connectivity index (χ2v) is 2.96. The normalized spacial score (nSPS) is 10.9. The van der Waals surface area contributed by atoms with Crippen LogP contribution in [-0.4, -0.2) is 28.0 Å². The first-order chi connectivity index (χ1) is 7.63. The van der Waals surface area contributed by atoms with Crippen LogP contribution in [0.5, 0.6) is 0 Å². The topological polar surface area (TPSA) is 99.0 Å². The van der Waals surface area contributed by atoms with Gasteiger partial charge in [-0.25, -0.2) is 4.79 Å². The molecule has 0 aliphatic rings. The highest BCUT2D eigenvalue weighted by molar-refractivity contribution is 6.37. The summed E-state index contributed by atoms with van der Waals surface area (Å²) in [5, 5.41) is 21.2. The second kappa shape index (κ2) is 5.50. The van der Waals surface area contributed by atoms with Crippen LogP contribution in [0.2, 0.25) is 0 Å². The first-order valence-electron chi connectivity index (χ1n) is 4.42. The van der Waals surface area contributed by atoms with Crippen molar-refractivity contribution in [3.63, 3.8) is 0 Å². The molecule has 0 saturated heterocycles. The number of nitrogens with zero attached hydrogens (tertiary/aromatic N) is 1. The van der Waals surface area contributed by atoms with Crippen LogP contribution in [0.4, 0.5) is 0 Å². The van der Waals surface area contributed by atoms with E-state index in [0.717, 1.165) is 5.56 Å². The highest BCUT2D eigenvalue weighted by Crippen LogP contribution is 1.98. The lowest BCUT2D eigenvalue weighted by Crippen LogP contribution is -2.37. The largest absolute Gasteiger partial charge is 0.475 e. The van der Waals surface area contributed by atoms with Crippen molar-refractivity contribution in [3.05, 3.63) is 35.9 Å². The zero-order valence-electron chi connectivity index (χ0n) is 8.25. The molecule has 0 aromatic heterocycles. The molecular formula is C10H10N2O4. The maximum atomic E-state index is 11.3. The molecule has 84 valence electrons. The number of carboxylic acid groups (broad SMARTS) is 1. The number of rotatable bonds is 2. The number of nitrogens with one attached hydrogen (secondary N) is 1. The van der Waals surface area contributed by atoms with E-state index in [1.54, 1.807) is 30.3 Å². The number of hydrogen-bond donors (Lipinski definition) is 3. The van der Waals surface area contributed by atoms with Crippen LogP contribution >= 0.6 is 0 Å². The van der Waals surface area contributed by atoms with E-state index in [1.165, 1.54) is 0 Å². The van der Waals surface area contributed by atoms with Gasteiger partial charge in [0.05, 0.1) is 6.42 Å². The van der Waals surface area contributed by atoms with Crippen LogP contribution < -0.4 is 5.32 Å². The maximum absolute atomic E-state index is 11.3. The summed E-state index contributed by atoms with van der Waals surface area (Å²) < 4.78 is 0. The number of amidine groups is 1. The number of carbonyl (C=O) groups is 2. The number of carbonyl (C=O) groups excluding carboxylic acids is 1. The Balaban J connectivity index is 2.58. The predicted molar refractivity (Wildman–Crippen MR) is 55.1 cm³/mol. The molecule has 0 heterocycles. The lowest BCUT2D eigenvalue weighted by molar-refractivity contribution is -0.130. The van der Waals surface area contributed by atoms with Crippen molar-refractivity contribution in [1.82, 2.24) is 5.32 Å². The fraction of sp³-hybridized carbons (Fsp3) is 0.100. The summed E-state index contributed by atoms with van der Waals surface area (Å²) in [5.41, 5.74) is 0.739. The van der Waals surface area contributed by atoms with E-state index in [0.29, 0.717) is 0 Å². The molecule has 6 nitrogen and oxygen atoms in total. The van der Waals surface area contributed by atoms with Gasteiger partial charge in [-0.1, -0.05) is 35.5 Å². The Bertz CT molecular complexity index is 414. The van der Waals surface area contributed by atoms with Gasteiger partial charge in [-0.2, -0.15) is 0 Å². The molecule has 6 heteroatoms. The molecule has 0 saturated carbocycles. The number of amides is 1. The Morgan fingerprint density at radius 3 is 2.38 bits per heavy atom. The number of benzene rings is 1. The van der Waals surface area contributed by atoms with E-state index >= 15 is 0 Å². The highest BCUT2D eigenvalue weighted by atomic mass is 16.4. The van der Waals surface area contributed by atoms with Gasteiger partial charge in [0, 0.05) is 0 Å². The van der Waals surface area contributed by atoms with Crippen molar-refractivity contribution >= 4 is 17.7 Å². The van der Waals surface area contributed by atoms with Crippen LogP contribution in [0.15, 0.2) is 35.5 Å². The number of carboxylic acids is 1. The molecule has 0 atom stereocenters. The van der Waals surface area contributed by atoms with E-state index in [2.05, 4.69) is 5.16 Å². The minimum atomic E-state index is -1.50. The van der Waals surface area contributed by atoms with Crippen molar-refractivity contribution < 1.29 is 19.9 Å². The summed E-state index contributed by atoms with van der Waals surface area (Å²) in [5.74, 6) is -2.84. The second-order valence-electron chi connectivity index (χ2n) is 2.96. The lowest BCUT2D eigenvalue weighted by atomic mass is 10.1. The van der Waals surface area contributed by atoms with Gasteiger partial charge in [-0.3, -0.25) is 4.79 Å². The highest BCUT2D eigenvalue weighted by Gasteiger charge is 2.13. The van der Waals surface area contributed by atoms with Crippen LogP contribution in [0.3, 0.4) is 0 Å². The van der Waals surface area contributed by atoms with Crippen molar-refractivity contribution in [2.75, 3.05) is 0 Å². The van der Waals surface area contributed by atoms with E-state index in [9.17, 15) is 9.59 Å². The van der Waals surface area contributed by atoms with Gasteiger partial charge < -0.3 is 15.6 Å². The molecule has 0 aliphatic heterocycles. The van der Waals surface area contributed by atoms with Crippen molar-refractivity contribution in [2.45, 2.75) is 6.42 Å². The van der Waals surface area contributed by atoms with Crippen molar-refractivity contribution in [1.29, 1.82) is 0 Å². The van der Waals surface area contributed by atoms with Crippen molar-refractivity contribution in [3.8, 4) is 0 Å². The minimum Gasteiger partial charge on any atom is -0.475 e. The summed E-state index contributed by atoms with van der Waals surface area (Å²) in [6.07, 6.45) is 0.0210. The molecule has 0 radical (unpaired) electrons. The molecule has 1 rings (SSSR count). The lowest BCUT2D eigenvalue weighted by Gasteiger charge is -2.02. The van der Waals surface area contributed by atoms with E-state index in [-0.39, 0.29) is 6.42 Å². The Labute approximate surface area is 91.2 Å². The Kier molecular flexibility index (Phi) is 4.02. The first kappa shape index (κ1) is 11.7. The number of oxime groups is 1. The molecule has 0 unspecified atom stereocenters. The van der Waals surface area contributed by atoms with Gasteiger partial charge in [0.15, 0.2) is 0 Å². The van der Waals surface area contributed by atoms with E-state index < -0.39 is 17.7 Å². The van der Waals surface area contributed by atoms with Gasteiger partial charge in [-0.15, -0.1) is 0 Å². The van der Waals surface area contributed by atoms with Gasteiger partial charge >= 0.3 is 5.97 Å². The molecule has 0 aliphatic carbocycles. The summed E-state index contributed by atoms with van der Waals surface area (Å²) >= 11 is 0. The SMILES string of the molecule is O=C(Cc1ccccc1)NC(=NO)C(=O)O. The first-order valence-corrected chi connectivity index (χ1v) is 4.42. The van der Waals surface area contributed by atoms with Crippen LogP contribution in [-0.2, 0) is 16.0 Å². The van der Waals surface area contributed by atoms with Gasteiger partial charge in [0.25, 0.3) is 5.84 Å². The third kappa shape index (κ3) is 3.41. The molecule has 1 aromatic carbocycles. The molecular weight excluding hydrogens is 212 g/mol. The van der Waals surface area contributed by atoms with E-state index in [4.69, 9.17) is 10.3 Å². The summed E-state index contributed by atoms with van der Waals surface area (Å²) in [6.45, 7) is 0. The fourth-order valence-electron chi connectivity index (χ4n) is 1.08. The molecule has 16 heavy (non-hydrogen) atoms. The minimum absolute atomic E-state index is 0.0210.